The maximum atomic E-state index is 11.3. The van der Waals surface area contributed by atoms with Gasteiger partial charge in [0, 0.05) is 18.8 Å². The molecule has 0 saturated carbocycles. The first kappa shape index (κ1) is 13.0. The zero-order valence-electron chi connectivity index (χ0n) is 9.17. The molecule has 0 bridgehead atoms. The van der Waals surface area contributed by atoms with E-state index in [9.17, 15) is 9.59 Å². The van der Waals surface area contributed by atoms with E-state index in [0.29, 0.717) is 12.5 Å². The lowest BCUT2D eigenvalue weighted by Gasteiger charge is -2.17. The highest BCUT2D eigenvalue weighted by Crippen LogP contribution is 2.16. The van der Waals surface area contributed by atoms with Crippen molar-refractivity contribution >= 4 is 23.5 Å². The summed E-state index contributed by atoms with van der Waals surface area (Å²) >= 11 is 5.38. The minimum absolute atomic E-state index is 0.168. The van der Waals surface area contributed by atoms with E-state index in [-0.39, 0.29) is 18.2 Å². The normalized spacial score (nSPS) is 19.2. The fraction of sp³-hybridized carbons (Fsp3) is 0.636. The molecule has 2 N–H and O–H groups in total. The van der Waals surface area contributed by atoms with Crippen molar-refractivity contribution in [1.29, 1.82) is 0 Å². The molecule has 3 amide bonds. The maximum Gasteiger partial charge on any atom is 0.321 e. The van der Waals surface area contributed by atoms with Gasteiger partial charge in [-0.2, -0.15) is 0 Å². The molecule has 5 heteroatoms. The molecule has 0 aromatic heterocycles. The van der Waals surface area contributed by atoms with Crippen molar-refractivity contribution < 1.29 is 9.59 Å². The zero-order chi connectivity index (χ0) is 11.8. The summed E-state index contributed by atoms with van der Waals surface area (Å²) in [5, 5.41) is 4.92. The molecule has 90 valence electrons. The Bertz CT molecular complexity index is 279. The highest BCUT2D eigenvalue weighted by Gasteiger charge is 2.12. The summed E-state index contributed by atoms with van der Waals surface area (Å²) in [6.45, 7) is 0.615. The second-order valence-electron chi connectivity index (χ2n) is 3.85. The standard InChI is InChI=1S/C11H17ClN2O2/c12-7-6-10(15)14-11(16)13-8-9-4-2-1-3-5-9/h1-2,9H,3-8H2,(H2,13,14,15,16). The van der Waals surface area contributed by atoms with E-state index in [1.54, 1.807) is 0 Å². The SMILES string of the molecule is O=C(CCCl)NC(=O)NCC1CC=CCC1. The smallest absolute Gasteiger partial charge is 0.321 e. The molecule has 1 rings (SSSR count). The highest BCUT2D eigenvalue weighted by molar-refractivity contribution is 6.19. The Kier molecular flexibility index (Phi) is 5.93. The maximum absolute atomic E-state index is 11.3. The third kappa shape index (κ3) is 5.16. The van der Waals surface area contributed by atoms with Crippen LogP contribution in [0.5, 0.6) is 0 Å². The quantitative estimate of drug-likeness (QED) is 0.585. The molecule has 0 radical (unpaired) electrons. The average Bonchev–Trinajstić information content (AvgIpc) is 2.28. The van der Waals surface area contributed by atoms with E-state index in [1.807, 2.05) is 0 Å². The van der Waals surface area contributed by atoms with Crippen LogP contribution < -0.4 is 10.6 Å². The van der Waals surface area contributed by atoms with Gasteiger partial charge in [-0.1, -0.05) is 12.2 Å². The number of rotatable bonds is 4. The Hall–Kier alpha value is -1.03. The first-order valence-electron chi connectivity index (χ1n) is 5.51. The summed E-state index contributed by atoms with van der Waals surface area (Å²) in [5.41, 5.74) is 0. The van der Waals surface area contributed by atoms with Gasteiger partial charge in [0.05, 0.1) is 0 Å². The van der Waals surface area contributed by atoms with Crippen LogP contribution in [0.3, 0.4) is 0 Å². The lowest BCUT2D eigenvalue weighted by molar-refractivity contribution is -0.119. The van der Waals surface area contributed by atoms with Gasteiger partial charge in [0.2, 0.25) is 5.91 Å². The van der Waals surface area contributed by atoms with Crippen molar-refractivity contribution in [3.8, 4) is 0 Å². The van der Waals surface area contributed by atoms with Gasteiger partial charge in [-0.25, -0.2) is 4.79 Å². The van der Waals surface area contributed by atoms with Crippen LogP contribution in [-0.4, -0.2) is 24.4 Å². The van der Waals surface area contributed by atoms with Crippen LogP contribution in [0.4, 0.5) is 4.79 Å². The summed E-state index contributed by atoms with van der Waals surface area (Å²) in [6.07, 6.45) is 7.61. The molecule has 0 aliphatic heterocycles. The summed E-state index contributed by atoms with van der Waals surface area (Å²) in [6, 6.07) is -0.426. The van der Waals surface area contributed by atoms with Crippen LogP contribution in [0.15, 0.2) is 12.2 Å². The third-order valence-electron chi connectivity index (χ3n) is 2.50. The van der Waals surface area contributed by atoms with Gasteiger partial charge >= 0.3 is 6.03 Å². The van der Waals surface area contributed by atoms with Crippen molar-refractivity contribution in [2.75, 3.05) is 12.4 Å². The second kappa shape index (κ2) is 7.28. The first-order chi connectivity index (χ1) is 7.72. The predicted molar refractivity (Wildman–Crippen MR) is 63.4 cm³/mol. The van der Waals surface area contributed by atoms with Crippen molar-refractivity contribution in [1.82, 2.24) is 10.6 Å². The highest BCUT2D eigenvalue weighted by atomic mass is 35.5. The molecule has 16 heavy (non-hydrogen) atoms. The number of hydrogen-bond acceptors (Lipinski definition) is 2. The van der Waals surface area contributed by atoms with Crippen LogP contribution in [0.25, 0.3) is 0 Å². The van der Waals surface area contributed by atoms with Crippen LogP contribution in [0, 0.1) is 5.92 Å². The summed E-state index contributed by atoms with van der Waals surface area (Å²) in [7, 11) is 0. The number of imide groups is 1. The van der Waals surface area contributed by atoms with Gasteiger partial charge in [0.25, 0.3) is 0 Å². The molecular formula is C11H17ClN2O2. The summed E-state index contributed by atoms with van der Waals surface area (Å²) in [5.74, 6) is 0.377. The Morgan fingerprint density at radius 3 is 2.81 bits per heavy atom. The molecular weight excluding hydrogens is 228 g/mol. The Morgan fingerprint density at radius 2 is 2.19 bits per heavy atom. The molecule has 0 saturated heterocycles. The largest absolute Gasteiger partial charge is 0.338 e. The van der Waals surface area contributed by atoms with E-state index in [2.05, 4.69) is 22.8 Å². The molecule has 1 atom stereocenters. The van der Waals surface area contributed by atoms with Gasteiger partial charge in [0.1, 0.15) is 0 Å². The minimum atomic E-state index is -0.426. The number of urea groups is 1. The molecule has 0 spiro atoms. The molecule has 1 aliphatic rings. The van der Waals surface area contributed by atoms with Gasteiger partial charge in [-0.05, 0) is 25.2 Å². The van der Waals surface area contributed by atoms with Crippen LogP contribution in [0.1, 0.15) is 25.7 Å². The number of carbonyl (C=O) groups excluding carboxylic acids is 2. The monoisotopic (exact) mass is 244 g/mol. The van der Waals surface area contributed by atoms with E-state index in [4.69, 9.17) is 11.6 Å². The molecule has 0 fully saturated rings. The fourth-order valence-electron chi connectivity index (χ4n) is 1.60. The average molecular weight is 245 g/mol. The van der Waals surface area contributed by atoms with E-state index < -0.39 is 6.03 Å². The minimum Gasteiger partial charge on any atom is -0.338 e. The van der Waals surface area contributed by atoms with Crippen LogP contribution in [0.2, 0.25) is 0 Å². The Balaban J connectivity index is 2.14. The third-order valence-corrected chi connectivity index (χ3v) is 2.69. The van der Waals surface area contributed by atoms with Crippen molar-refractivity contribution in [3.63, 3.8) is 0 Å². The fourth-order valence-corrected chi connectivity index (χ4v) is 1.77. The number of alkyl halides is 1. The van der Waals surface area contributed by atoms with Crippen molar-refractivity contribution in [2.45, 2.75) is 25.7 Å². The Labute approximate surface area is 100 Å². The van der Waals surface area contributed by atoms with E-state index in [0.717, 1.165) is 19.3 Å². The molecule has 1 aliphatic carbocycles. The molecule has 1 unspecified atom stereocenters. The topological polar surface area (TPSA) is 58.2 Å². The van der Waals surface area contributed by atoms with Gasteiger partial charge in [-0.3, -0.25) is 10.1 Å². The lowest BCUT2D eigenvalue weighted by atomic mass is 9.94. The van der Waals surface area contributed by atoms with Gasteiger partial charge in [0.15, 0.2) is 0 Å². The number of halogens is 1. The van der Waals surface area contributed by atoms with Gasteiger partial charge in [-0.15, -0.1) is 11.6 Å². The molecule has 0 aromatic carbocycles. The van der Waals surface area contributed by atoms with Crippen molar-refractivity contribution in [2.24, 2.45) is 5.92 Å². The number of allylic oxidation sites excluding steroid dienone is 2. The summed E-state index contributed by atoms with van der Waals surface area (Å²) in [4.78, 5) is 22.3. The zero-order valence-corrected chi connectivity index (χ0v) is 9.93. The molecule has 4 nitrogen and oxygen atoms in total. The number of hydrogen-bond donors (Lipinski definition) is 2. The van der Waals surface area contributed by atoms with E-state index in [1.165, 1.54) is 0 Å². The van der Waals surface area contributed by atoms with Crippen LogP contribution >= 0.6 is 11.6 Å². The van der Waals surface area contributed by atoms with Crippen molar-refractivity contribution in [3.05, 3.63) is 12.2 Å². The summed E-state index contributed by atoms with van der Waals surface area (Å²) < 4.78 is 0. The number of carbonyl (C=O) groups is 2. The Morgan fingerprint density at radius 1 is 1.38 bits per heavy atom. The second-order valence-corrected chi connectivity index (χ2v) is 4.23. The molecule has 0 aromatic rings. The van der Waals surface area contributed by atoms with Crippen LogP contribution in [-0.2, 0) is 4.79 Å². The molecule has 0 heterocycles. The predicted octanol–water partition coefficient (Wildman–Crippen LogP) is 1.80. The van der Waals surface area contributed by atoms with Gasteiger partial charge < -0.3 is 5.32 Å². The van der Waals surface area contributed by atoms with E-state index >= 15 is 0 Å². The lowest BCUT2D eigenvalue weighted by Crippen LogP contribution is -2.41. The number of nitrogens with one attached hydrogen (secondary N) is 2. The number of amides is 3. The first-order valence-corrected chi connectivity index (χ1v) is 6.04.